The normalized spacial score (nSPS) is 17.8. The van der Waals surface area contributed by atoms with Crippen LogP contribution in [-0.2, 0) is 6.54 Å². The second-order valence-corrected chi connectivity index (χ2v) is 9.33. The summed E-state index contributed by atoms with van der Waals surface area (Å²) in [5.74, 6) is 2.04. The molecule has 3 rings (SSSR count). The number of rotatable bonds is 7. The van der Waals surface area contributed by atoms with Crippen LogP contribution in [0.15, 0.2) is 47.2 Å². The maximum Gasteiger partial charge on any atom is 0.121 e. The first-order chi connectivity index (χ1) is 15.8. The predicted molar refractivity (Wildman–Crippen MR) is 142 cm³/mol. The summed E-state index contributed by atoms with van der Waals surface area (Å²) in [6, 6.07) is 6.88. The SMILES string of the molecule is C=C(N=C(C)C)N1CCN(C(=C)c2cc(CN3CCN(C(C)=NCC)CC3)ccc2C)CC1. The van der Waals surface area contributed by atoms with Crippen LogP contribution in [0.4, 0.5) is 0 Å². The number of benzene rings is 1. The molecule has 2 fully saturated rings. The highest BCUT2D eigenvalue weighted by Gasteiger charge is 2.21. The van der Waals surface area contributed by atoms with Gasteiger partial charge in [0.05, 0.1) is 5.84 Å². The molecule has 0 bridgehead atoms. The zero-order valence-corrected chi connectivity index (χ0v) is 21.4. The molecular formula is C27H42N6. The molecule has 0 aliphatic carbocycles. The van der Waals surface area contributed by atoms with Crippen molar-refractivity contribution >= 4 is 17.2 Å². The van der Waals surface area contributed by atoms with Crippen LogP contribution in [-0.4, -0.2) is 90.0 Å². The van der Waals surface area contributed by atoms with Crippen LogP contribution in [0.25, 0.3) is 5.70 Å². The number of amidine groups is 1. The van der Waals surface area contributed by atoms with Crippen molar-refractivity contribution < 1.29 is 0 Å². The summed E-state index contributed by atoms with van der Waals surface area (Å²) in [6.45, 7) is 28.9. The van der Waals surface area contributed by atoms with E-state index in [1.54, 1.807) is 0 Å². The minimum Gasteiger partial charge on any atom is -0.368 e. The first-order valence-electron chi connectivity index (χ1n) is 12.3. The van der Waals surface area contributed by atoms with Gasteiger partial charge in [-0.1, -0.05) is 25.3 Å². The van der Waals surface area contributed by atoms with Gasteiger partial charge in [-0.25, -0.2) is 4.99 Å². The molecule has 33 heavy (non-hydrogen) atoms. The van der Waals surface area contributed by atoms with E-state index in [9.17, 15) is 0 Å². The molecule has 0 amide bonds. The zero-order chi connectivity index (χ0) is 24.0. The second kappa shape index (κ2) is 11.5. The van der Waals surface area contributed by atoms with Gasteiger partial charge in [0, 0.05) is 82.4 Å². The van der Waals surface area contributed by atoms with Gasteiger partial charge in [0.15, 0.2) is 0 Å². The smallest absolute Gasteiger partial charge is 0.121 e. The first kappa shape index (κ1) is 25.0. The monoisotopic (exact) mass is 450 g/mol. The summed E-state index contributed by atoms with van der Waals surface area (Å²) in [4.78, 5) is 18.7. The lowest BCUT2D eigenvalue weighted by atomic mass is 10.0. The molecule has 0 atom stereocenters. The lowest BCUT2D eigenvalue weighted by molar-refractivity contribution is 0.174. The summed E-state index contributed by atoms with van der Waals surface area (Å²) in [5, 5.41) is 0. The van der Waals surface area contributed by atoms with E-state index in [1.165, 1.54) is 22.5 Å². The highest BCUT2D eigenvalue weighted by atomic mass is 15.3. The molecule has 1 aromatic rings. The standard InChI is InChI=1S/C27H42N6/c1-8-28-24(6)32-13-11-30(12-14-32)20-26-10-9-22(4)27(19-26)23(5)31-15-17-33(18-16-31)25(7)29-21(2)3/h9-10,19H,5,7-8,11-18,20H2,1-4,6H3. The van der Waals surface area contributed by atoms with Crippen LogP contribution in [0.5, 0.6) is 0 Å². The van der Waals surface area contributed by atoms with E-state index in [4.69, 9.17) is 0 Å². The third kappa shape index (κ3) is 6.70. The molecule has 0 N–H and O–H groups in total. The lowest BCUT2D eigenvalue weighted by Crippen LogP contribution is -2.47. The van der Waals surface area contributed by atoms with Crippen molar-refractivity contribution in [3.05, 3.63) is 53.9 Å². The molecule has 180 valence electrons. The van der Waals surface area contributed by atoms with Crippen molar-refractivity contribution in [1.29, 1.82) is 0 Å². The van der Waals surface area contributed by atoms with Gasteiger partial charge in [0.25, 0.3) is 0 Å². The Labute approximate surface area is 201 Å². The van der Waals surface area contributed by atoms with Gasteiger partial charge in [-0.05, 0) is 51.8 Å². The van der Waals surface area contributed by atoms with Crippen molar-refractivity contribution in [1.82, 2.24) is 19.6 Å². The Morgan fingerprint density at radius 2 is 1.48 bits per heavy atom. The summed E-state index contributed by atoms with van der Waals surface area (Å²) in [6.07, 6.45) is 0. The number of aliphatic imine (C=N–C) groups is 2. The maximum absolute atomic E-state index is 4.56. The van der Waals surface area contributed by atoms with Gasteiger partial charge in [0.1, 0.15) is 5.82 Å². The fraction of sp³-hybridized carbons (Fsp3) is 0.556. The summed E-state index contributed by atoms with van der Waals surface area (Å²) in [5.41, 5.74) is 6.10. The minimum atomic E-state index is 0.859. The van der Waals surface area contributed by atoms with Gasteiger partial charge in [0.2, 0.25) is 0 Å². The van der Waals surface area contributed by atoms with E-state index in [0.29, 0.717) is 0 Å². The van der Waals surface area contributed by atoms with Crippen LogP contribution in [0.2, 0.25) is 0 Å². The maximum atomic E-state index is 4.56. The largest absolute Gasteiger partial charge is 0.368 e. The van der Waals surface area contributed by atoms with Gasteiger partial charge in [-0.3, -0.25) is 9.89 Å². The average molecular weight is 451 g/mol. The summed E-state index contributed by atoms with van der Waals surface area (Å²) in [7, 11) is 0. The molecule has 2 saturated heterocycles. The minimum absolute atomic E-state index is 0.859. The van der Waals surface area contributed by atoms with Gasteiger partial charge in [-0.15, -0.1) is 0 Å². The fourth-order valence-electron chi connectivity index (χ4n) is 4.63. The third-order valence-electron chi connectivity index (χ3n) is 6.62. The molecule has 2 heterocycles. The van der Waals surface area contributed by atoms with Crippen molar-refractivity contribution in [2.75, 3.05) is 58.9 Å². The Bertz CT molecular complexity index is 895. The summed E-state index contributed by atoms with van der Waals surface area (Å²) >= 11 is 0. The average Bonchev–Trinajstić information content (AvgIpc) is 2.80. The van der Waals surface area contributed by atoms with E-state index in [-0.39, 0.29) is 0 Å². The van der Waals surface area contributed by atoms with Crippen LogP contribution in [0.1, 0.15) is 44.4 Å². The molecule has 6 heteroatoms. The highest BCUT2D eigenvalue weighted by Crippen LogP contribution is 2.25. The van der Waals surface area contributed by atoms with Crippen molar-refractivity contribution in [2.45, 2.75) is 41.2 Å². The second-order valence-electron chi connectivity index (χ2n) is 9.33. The Balaban J connectivity index is 1.58. The lowest BCUT2D eigenvalue weighted by Gasteiger charge is -2.38. The van der Waals surface area contributed by atoms with Gasteiger partial charge >= 0.3 is 0 Å². The quantitative estimate of drug-likeness (QED) is 0.463. The zero-order valence-electron chi connectivity index (χ0n) is 21.4. The Morgan fingerprint density at radius 3 is 2.09 bits per heavy atom. The predicted octanol–water partition coefficient (Wildman–Crippen LogP) is 4.09. The van der Waals surface area contributed by atoms with E-state index < -0.39 is 0 Å². The Morgan fingerprint density at radius 1 is 0.879 bits per heavy atom. The van der Waals surface area contributed by atoms with E-state index in [2.05, 4.69) is 81.7 Å². The van der Waals surface area contributed by atoms with Crippen LogP contribution in [0.3, 0.4) is 0 Å². The van der Waals surface area contributed by atoms with Crippen molar-refractivity contribution in [3.8, 4) is 0 Å². The molecule has 0 spiro atoms. The number of hydrogen-bond donors (Lipinski definition) is 0. The van der Waals surface area contributed by atoms with Crippen molar-refractivity contribution in [2.24, 2.45) is 9.98 Å². The molecule has 2 aliphatic rings. The number of nitrogens with zero attached hydrogens (tertiary/aromatic N) is 6. The number of piperazine rings is 2. The molecule has 0 radical (unpaired) electrons. The van der Waals surface area contributed by atoms with Gasteiger partial charge < -0.3 is 14.7 Å². The van der Waals surface area contributed by atoms with E-state index >= 15 is 0 Å². The fourth-order valence-corrected chi connectivity index (χ4v) is 4.63. The topological polar surface area (TPSA) is 37.7 Å². The van der Waals surface area contributed by atoms with Crippen molar-refractivity contribution in [3.63, 3.8) is 0 Å². The van der Waals surface area contributed by atoms with Crippen LogP contribution < -0.4 is 0 Å². The summed E-state index contributed by atoms with van der Waals surface area (Å²) < 4.78 is 0. The Hall–Kier alpha value is -2.60. The van der Waals surface area contributed by atoms with E-state index in [0.717, 1.165) is 82.7 Å². The molecule has 6 nitrogen and oxygen atoms in total. The van der Waals surface area contributed by atoms with Crippen LogP contribution >= 0.6 is 0 Å². The molecule has 0 aromatic heterocycles. The Kier molecular flexibility index (Phi) is 8.73. The van der Waals surface area contributed by atoms with Crippen LogP contribution in [0, 0.1) is 6.92 Å². The number of hydrogen-bond acceptors (Lipinski definition) is 5. The molecular weight excluding hydrogens is 408 g/mol. The first-order valence-corrected chi connectivity index (χ1v) is 12.3. The van der Waals surface area contributed by atoms with Gasteiger partial charge in [-0.2, -0.15) is 0 Å². The highest BCUT2D eigenvalue weighted by molar-refractivity contribution is 5.80. The number of aryl methyl sites for hydroxylation is 1. The third-order valence-corrected chi connectivity index (χ3v) is 6.62. The molecule has 1 aromatic carbocycles. The molecule has 0 unspecified atom stereocenters. The molecule has 2 aliphatic heterocycles. The van der Waals surface area contributed by atoms with E-state index in [1.807, 2.05) is 13.8 Å². The molecule has 0 saturated carbocycles.